The molecule has 0 aromatic carbocycles. The van der Waals surface area contributed by atoms with Crippen LogP contribution in [0.15, 0.2) is 40.5 Å². The molecule has 98 valence electrons. The van der Waals surface area contributed by atoms with Gasteiger partial charge in [0, 0.05) is 36.6 Å². The monoisotopic (exact) mass is 264 g/mol. The Hall–Kier alpha value is -1.10. The number of rotatable bonds is 8. The van der Waals surface area contributed by atoms with Crippen molar-refractivity contribution in [2.24, 2.45) is 0 Å². The average Bonchev–Trinajstić information content (AvgIpc) is 3.04. The van der Waals surface area contributed by atoms with Crippen LogP contribution in [-0.4, -0.2) is 31.6 Å². The molecule has 0 aliphatic rings. The van der Waals surface area contributed by atoms with Crippen LogP contribution in [0.25, 0.3) is 0 Å². The third-order valence-corrected chi connectivity index (χ3v) is 3.84. The molecule has 0 spiro atoms. The Balaban J connectivity index is 1.53. The lowest BCUT2D eigenvalue weighted by Gasteiger charge is -2.16. The summed E-state index contributed by atoms with van der Waals surface area (Å²) in [4.78, 5) is 3.83. The van der Waals surface area contributed by atoms with Crippen LogP contribution < -0.4 is 5.32 Å². The van der Waals surface area contributed by atoms with Gasteiger partial charge in [0.25, 0.3) is 0 Å². The van der Waals surface area contributed by atoms with Gasteiger partial charge < -0.3 is 14.6 Å². The first-order valence-corrected chi connectivity index (χ1v) is 7.15. The van der Waals surface area contributed by atoms with Crippen LogP contribution in [0.5, 0.6) is 0 Å². The summed E-state index contributed by atoms with van der Waals surface area (Å²) < 4.78 is 5.02. The highest BCUT2D eigenvalue weighted by Gasteiger charge is 2.00. The van der Waals surface area contributed by atoms with Gasteiger partial charge in [0.05, 0.1) is 12.5 Å². The van der Waals surface area contributed by atoms with Gasteiger partial charge in [-0.3, -0.25) is 0 Å². The molecular formula is C14H20N2OS. The molecule has 18 heavy (non-hydrogen) atoms. The van der Waals surface area contributed by atoms with Gasteiger partial charge >= 0.3 is 0 Å². The van der Waals surface area contributed by atoms with E-state index in [9.17, 15) is 0 Å². The van der Waals surface area contributed by atoms with Gasteiger partial charge in [0.15, 0.2) is 0 Å². The van der Waals surface area contributed by atoms with E-state index in [1.54, 1.807) is 12.5 Å². The Bertz CT molecular complexity index is 411. The SMILES string of the molecule is CN(CCNCc1ccoc1)CCc1cccs1. The summed E-state index contributed by atoms with van der Waals surface area (Å²) in [5, 5.41) is 5.55. The van der Waals surface area contributed by atoms with Crippen LogP contribution in [0.2, 0.25) is 0 Å². The summed E-state index contributed by atoms with van der Waals surface area (Å²) in [7, 11) is 2.17. The molecule has 2 aromatic heterocycles. The largest absolute Gasteiger partial charge is 0.472 e. The van der Waals surface area contributed by atoms with E-state index < -0.39 is 0 Å². The standard InChI is InChI=1S/C14H20N2OS/c1-16(7-4-14-3-2-10-18-14)8-6-15-11-13-5-9-17-12-13/h2-3,5,9-10,12,15H,4,6-8,11H2,1H3. The summed E-state index contributed by atoms with van der Waals surface area (Å²) >= 11 is 1.84. The third kappa shape index (κ3) is 4.64. The molecule has 0 radical (unpaired) electrons. The average molecular weight is 264 g/mol. The van der Waals surface area contributed by atoms with Crippen LogP contribution in [-0.2, 0) is 13.0 Å². The maximum atomic E-state index is 5.02. The maximum Gasteiger partial charge on any atom is 0.0947 e. The second kappa shape index (κ2) is 7.36. The topological polar surface area (TPSA) is 28.4 Å². The first-order valence-electron chi connectivity index (χ1n) is 6.27. The predicted octanol–water partition coefficient (Wildman–Crippen LogP) is 2.61. The molecule has 0 saturated carbocycles. The smallest absolute Gasteiger partial charge is 0.0947 e. The molecule has 2 aromatic rings. The molecule has 1 N–H and O–H groups in total. The number of hydrogen-bond acceptors (Lipinski definition) is 4. The number of nitrogens with one attached hydrogen (secondary N) is 1. The Morgan fingerprint density at radius 2 is 2.28 bits per heavy atom. The van der Waals surface area contributed by atoms with Gasteiger partial charge in [0.2, 0.25) is 0 Å². The second-order valence-corrected chi connectivity index (χ2v) is 5.47. The van der Waals surface area contributed by atoms with Crippen molar-refractivity contribution in [1.29, 1.82) is 0 Å². The minimum atomic E-state index is 0.884. The molecule has 0 bridgehead atoms. The zero-order valence-electron chi connectivity index (χ0n) is 10.8. The predicted molar refractivity (Wildman–Crippen MR) is 75.9 cm³/mol. The Kier molecular flexibility index (Phi) is 5.45. The van der Waals surface area contributed by atoms with E-state index in [0.717, 1.165) is 32.6 Å². The fourth-order valence-electron chi connectivity index (χ4n) is 1.76. The van der Waals surface area contributed by atoms with Gasteiger partial charge in [-0.15, -0.1) is 11.3 Å². The normalized spacial score (nSPS) is 11.2. The van der Waals surface area contributed by atoms with Crippen molar-refractivity contribution in [3.05, 3.63) is 46.5 Å². The van der Waals surface area contributed by atoms with E-state index >= 15 is 0 Å². The van der Waals surface area contributed by atoms with Crippen molar-refractivity contribution >= 4 is 11.3 Å². The van der Waals surface area contributed by atoms with E-state index in [1.807, 2.05) is 17.4 Å². The molecule has 0 amide bonds. The fourth-order valence-corrected chi connectivity index (χ4v) is 2.46. The van der Waals surface area contributed by atoms with Gasteiger partial charge in [-0.2, -0.15) is 0 Å². The molecule has 2 heterocycles. The lowest BCUT2D eigenvalue weighted by Crippen LogP contribution is -2.30. The molecule has 0 aliphatic carbocycles. The van der Waals surface area contributed by atoms with Crippen LogP contribution in [0.3, 0.4) is 0 Å². The molecular weight excluding hydrogens is 244 g/mol. The number of likely N-dealkylation sites (N-methyl/N-ethyl adjacent to an activating group) is 1. The second-order valence-electron chi connectivity index (χ2n) is 4.44. The maximum absolute atomic E-state index is 5.02. The highest BCUT2D eigenvalue weighted by molar-refractivity contribution is 7.09. The third-order valence-electron chi connectivity index (χ3n) is 2.90. The van der Waals surface area contributed by atoms with E-state index in [0.29, 0.717) is 0 Å². The Labute approximate surface area is 112 Å². The zero-order chi connectivity index (χ0) is 12.6. The van der Waals surface area contributed by atoms with Crippen LogP contribution in [0.1, 0.15) is 10.4 Å². The molecule has 0 saturated heterocycles. The van der Waals surface area contributed by atoms with E-state index in [2.05, 4.69) is 34.8 Å². The molecule has 0 aliphatic heterocycles. The van der Waals surface area contributed by atoms with Crippen molar-refractivity contribution in [2.45, 2.75) is 13.0 Å². The molecule has 0 atom stereocenters. The van der Waals surface area contributed by atoms with Crippen molar-refractivity contribution < 1.29 is 4.42 Å². The van der Waals surface area contributed by atoms with Crippen molar-refractivity contribution in [2.75, 3.05) is 26.7 Å². The van der Waals surface area contributed by atoms with Crippen LogP contribution in [0, 0.1) is 0 Å². The Morgan fingerprint density at radius 1 is 1.33 bits per heavy atom. The molecule has 0 fully saturated rings. The molecule has 0 unspecified atom stereocenters. The first-order chi connectivity index (χ1) is 8.84. The quantitative estimate of drug-likeness (QED) is 0.743. The number of thiophene rings is 1. The van der Waals surface area contributed by atoms with Crippen LogP contribution >= 0.6 is 11.3 Å². The number of nitrogens with zero attached hydrogens (tertiary/aromatic N) is 1. The van der Waals surface area contributed by atoms with Crippen LogP contribution in [0.4, 0.5) is 0 Å². The van der Waals surface area contributed by atoms with Gasteiger partial charge in [0.1, 0.15) is 0 Å². The van der Waals surface area contributed by atoms with Gasteiger partial charge in [-0.1, -0.05) is 6.07 Å². The Morgan fingerprint density at radius 3 is 3.00 bits per heavy atom. The van der Waals surface area contributed by atoms with Crippen molar-refractivity contribution in [3.8, 4) is 0 Å². The summed E-state index contributed by atoms with van der Waals surface area (Å²) in [5.74, 6) is 0. The minimum absolute atomic E-state index is 0.884. The zero-order valence-corrected chi connectivity index (χ0v) is 11.6. The van der Waals surface area contributed by atoms with Crippen molar-refractivity contribution in [3.63, 3.8) is 0 Å². The highest BCUT2D eigenvalue weighted by Crippen LogP contribution is 2.09. The summed E-state index contributed by atoms with van der Waals surface area (Å²) in [6.07, 6.45) is 4.65. The molecule has 4 heteroatoms. The van der Waals surface area contributed by atoms with E-state index in [4.69, 9.17) is 4.42 Å². The lowest BCUT2D eigenvalue weighted by atomic mass is 10.3. The number of furan rings is 1. The van der Waals surface area contributed by atoms with Gasteiger partial charge in [-0.05, 0) is 31.0 Å². The highest BCUT2D eigenvalue weighted by atomic mass is 32.1. The van der Waals surface area contributed by atoms with Gasteiger partial charge in [-0.25, -0.2) is 0 Å². The summed E-state index contributed by atoms with van der Waals surface area (Å²) in [5.41, 5.74) is 1.20. The molecule has 3 nitrogen and oxygen atoms in total. The van der Waals surface area contributed by atoms with E-state index in [1.165, 1.54) is 10.4 Å². The summed E-state index contributed by atoms with van der Waals surface area (Å²) in [6, 6.07) is 6.32. The van der Waals surface area contributed by atoms with Crippen molar-refractivity contribution in [1.82, 2.24) is 10.2 Å². The summed E-state index contributed by atoms with van der Waals surface area (Å²) in [6.45, 7) is 4.08. The number of hydrogen-bond donors (Lipinski definition) is 1. The molecule has 2 rings (SSSR count). The lowest BCUT2D eigenvalue weighted by molar-refractivity contribution is 0.336. The fraction of sp³-hybridized carbons (Fsp3) is 0.429. The minimum Gasteiger partial charge on any atom is -0.472 e. The first kappa shape index (κ1) is 13.3. The van der Waals surface area contributed by atoms with E-state index in [-0.39, 0.29) is 0 Å².